The summed E-state index contributed by atoms with van der Waals surface area (Å²) in [6.45, 7) is 6.46. The number of Topliss-reactive ketones (excluding diaryl/α,β-unsaturated/α-hetero) is 2. The minimum absolute atomic E-state index is 0.0371. The Morgan fingerprint density at radius 3 is 2.58 bits per heavy atom. The Balaban J connectivity index is 1.86. The van der Waals surface area contributed by atoms with Crippen LogP contribution in [0.15, 0.2) is 30.5 Å². The van der Waals surface area contributed by atoms with Crippen molar-refractivity contribution in [2.75, 3.05) is 6.61 Å². The highest BCUT2D eigenvalue weighted by molar-refractivity contribution is 6.09. The quantitative estimate of drug-likeness (QED) is 0.574. The van der Waals surface area contributed by atoms with Crippen molar-refractivity contribution in [1.82, 2.24) is 4.57 Å². The highest BCUT2D eigenvalue weighted by Crippen LogP contribution is 2.34. The SMILES string of the molecule is CC(C)C[C@H](CC(=O)c1cn(C)c2ccccc12)C(=O)[C@@]1(C)CO1. The average Bonchev–Trinajstić information content (AvgIpc) is 3.20. The van der Waals surface area contributed by atoms with Crippen molar-refractivity contribution in [2.24, 2.45) is 18.9 Å². The molecule has 3 rings (SSSR count). The Bertz CT molecular complexity index is 783. The van der Waals surface area contributed by atoms with Crippen LogP contribution in [0.4, 0.5) is 0 Å². The fraction of sp³-hybridized carbons (Fsp3) is 0.500. The van der Waals surface area contributed by atoms with E-state index < -0.39 is 5.60 Å². The number of epoxide rings is 1. The van der Waals surface area contributed by atoms with Crippen LogP contribution < -0.4 is 0 Å². The predicted molar refractivity (Wildman–Crippen MR) is 94.2 cm³/mol. The number of ketones is 2. The number of fused-ring (bicyclic) bond motifs is 1. The molecule has 1 aromatic heterocycles. The van der Waals surface area contributed by atoms with Crippen molar-refractivity contribution in [3.8, 4) is 0 Å². The molecule has 1 fully saturated rings. The Labute approximate surface area is 142 Å². The number of ether oxygens (including phenoxy) is 1. The summed E-state index contributed by atoms with van der Waals surface area (Å²) < 4.78 is 7.28. The molecule has 2 atom stereocenters. The zero-order chi connectivity index (χ0) is 17.5. The first-order valence-electron chi connectivity index (χ1n) is 8.57. The smallest absolute Gasteiger partial charge is 0.170 e. The molecule has 0 radical (unpaired) electrons. The maximum atomic E-state index is 12.9. The second-order valence-electron chi connectivity index (χ2n) is 7.51. The molecule has 0 N–H and O–H groups in total. The van der Waals surface area contributed by atoms with Gasteiger partial charge in [-0.1, -0.05) is 32.0 Å². The number of aryl methyl sites for hydroxylation is 1. The van der Waals surface area contributed by atoms with Gasteiger partial charge in [-0.25, -0.2) is 0 Å². The number of carbonyl (C=O) groups is 2. The van der Waals surface area contributed by atoms with Gasteiger partial charge in [-0.2, -0.15) is 0 Å². The van der Waals surface area contributed by atoms with Crippen molar-refractivity contribution in [3.05, 3.63) is 36.0 Å². The second-order valence-corrected chi connectivity index (χ2v) is 7.51. The van der Waals surface area contributed by atoms with Crippen LogP contribution in [-0.2, 0) is 16.6 Å². The molecular weight excluding hydrogens is 302 g/mol. The zero-order valence-corrected chi connectivity index (χ0v) is 14.8. The minimum atomic E-state index is -0.668. The first kappa shape index (κ1) is 16.9. The summed E-state index contributed by atoms with van der Waals surface area (Å²) in [5.74, 6) is 0.199. The van der Waals surface area contributed by atoms with E-state index in [0.29, 0.717) is 24.5 Å². The normalized spacial score (nSPS) is 21.2. The van der Waals surface area contributed by atoms with Crippen molar-refractivity contribution in [1.29, 1.82) is 0 Å². The molecule has 0 saturated carbocycles. The fourth-order valence-corrected chi connectivity index (χ4v) is 3.43. The lowest BCUT2D eigenvalue weighted by molar-refractivity contribution is -0.128. The second kappa shape index (κ2) is 6.17. The van der Waals surface area contributed by atoms with Gasteiger partial charge in [0.05, 0.1) is 6.61 Å². The molecule has 1 aliphatic heterocycles. The van der Waals surface area contributed by atoms with E-state index in [4.69, 9.17) is 4.74 Å². The lowest BCUT2D eigenvalue weighted by Crippen LogP contribution is -2.31. The minimum Gasteiger partial charge on any atom is -0.362 e. The maximum absolute atomic E-state index is 12.9. The Kier molecular flexibility index (Phi) is 4.35. The molecule has 128 valence electrons. The molecule has 0 aliphatic carbocycles. The van der Waals surface area contributed by atoms with Crippen molar-refractivity contribution >= 4 is 22.5 Å². The van der Waals surface area contributed by atoms with E-state index in [1.165, 1.54) is 0 Å². The highest BCUT2D eigenvalue weighted by Gasteiger charge is 2.49. The largest absolute Gasteiger partial charge is 0.362 e. The summed E-state index contributed by atoms with van der Waals surface area (Å²) >= 11 is 0. The first-order chi connectivity index (χ1) is 11.3. The lowest BCUT2D eigenvalue weighted by Gasteiger charge is -2.19. The number of hydrogen-bond acceptors (Lipinski definition) is 3. The molecule has 2 heterocycles. The summed E-state index contributed by atoms with van der Waals surface area (Å²) in [5, 5.41) is 0.953. The molecule has 0 spiro atoms. The van der Waals surface area contributed by atoms with Crippen LogP contribution in [0.25, 0.3) is 10.9 Å². The molecular formula is C20H25NO3. The Morgan fingerprint density at radius 2 is 1.96 bits per heavy atom. The summed E-state index contributed by atoms with van der Waals surface area (Å²) in [5.41, 5.74) is 1.07. The number of para-hydroxylation sites is 1. The third kappa shape index (κ3) is 3.16. The van der Waals surface area contributed by atoms with Crippen LogP contribution in [0.5, 0.6) is 0 Å². The number of aromatic nitrogens is 1. The summed E-state index contributed by atoms with van der Waals surface area (Å²) in [4.78, 5) is 25.6. The number of rotatable bonds is 7. The van der Waals surface area contributed by atoms with Gasteiger partial charge in [0.2, 0.25) is 0 Å². The molecule has 4 nitrogen and oxygen atoms in total. The molecule has 0 unspecified atom stereocenters. The molecule has 1 aliphatic rings. The number of hydrogen-bond donors (Lipinski definition) is 0. The van der Waals surface area contributed by atoms with Crippen LogP contribution in [0.3, 0.4) is 0 Å². The maximum Gasteiger partial charge on any atom is 0.170 e. The average molecular weight is 327 g/mol. The molecule has 0 bridgehead atoms. The molecule has 24 heavy (non-hydrogen) atoms. The lowest BCUT2D eigenvalue weighted by atomic mass is 9.83. The topological polar surface area (TPSA) is 51.6 Å². The van der Waals surface area contributed by atoms with Crippen LogP contribution in [0.1, 0.15) is 44.0 Å². The van der Waals surface area contributed by atoms with Gasteiger partial charge < -0.3 is 9.30 Å². The van der Waals surface area contributed by atoms with Crippen LogP contribution in [0, 0.1) is 11.8 Å². The van der Waals surface area contributed by atoms with Crippen LogP contribution in [0.2, 0.25) is 0 Å². The monoisotopic (exact) mass is 327 g/mol. The van der Waals surface area contributed by atoms with E-state index in [1.54, 1.807) is 0 Å². The number of benzene rings is 1. The summed E-state index contributed by atoms with van der Waals surface area (Å²) in [6.07, 6.45) is 2.84. The fourth-order valence-electron chi connectivity index (χ4n) is 3.43. The van der Waals surface area contributed by atoms with Gasteiger partial charge in [-0.15, -0.1) is 0 Å². The van der Waals surface area contributed by atoms with Crippen molar-refractivity contribution in [3.63, 3.8) is 0 Å². The molecule has 2 aromatic rings. The van der Waals surface area contributed by atoms with Gasteiger partial charge in [0.25, 0.3) is 0 Å². The molecule has 1 saturated heterocycles. The van der Waals surface area contributed by atoms with E-state index >= 15 is 0 Å². The van der Waals surface area contributed by atoms with E-state index in [-0.39, 0.29) is 23.9 Å². The van der Waals surface area contributed by atoms with Gasteiger partial charge in [0.1, 0.15) is 5.60 Å². The summed E-state index contributed by atoms with van der Waals surface area (Å²) in [6, 6.07) is 7.87. The summed E-state index contributed by atoms with van der Waals surface area (Å²) in [7, 11) is 1.94. The third-order valence-electron chi connectivity index (χ3n) is 4.85. The van der Waals surface area contributed by atoms with E-state index in [1.807, 2.05) is 49.0 Å². The van der Waals surface area contributed by atoms with Crippen molar-refractivity contribution < 1.29 is 14.3 Å². The number of nitrogens with zero attached hydrogens (tertiary/aromatic N) is 1. The van der Waals surface area contributed by atoms with Gasteiger partial charge in [0, 0.05) is 42.0 Å². The Hall–Kier alpha value is -1.94. The third-order valence-corrected chi connectivity index (χ3v) is 4.85. The van der Waals surface area contributed by atoms with E-state index in [2.05, 4.69) is 13.8 Å². The molecule has 4 heteroatoms. The predicted octanol–water partition coefficient (Wildman–Crippen LogP) is 3.77. The van der Waals surface area contributed by atoms with Gasteiger partial charge >= 0.3 is 0 Å². The van der Waals surface area contributed by atoms with Gasteiger partial charge in [-0.05, 0) is 25.3 Å². The molecule has 1 aromatic carbocycles. The zero-order valence-electron chi connectivity index (χ0n) is 14.8. The molecule has 0 amide bonds. The van der Waals surface area contributed by atoms with E-state index in [9.17, 15) is 9.59 Å². The van der Waals surface area contributed by atoms with Gasteiger partial charge in [-0.3, -0.25) is 9.59 Å². The van der Waals surface area contributed by atoms with Crippen LogP contribution in [-0.4, -0.2) is 28.3 Å². The Morgan fingerprint density at radius 1 is 1.29 bits per heavy atom. The highest BCUT2D eigenvalue weighted by atomic mass is 16.6. The van der Waals surface area contributed by atoms with Crippen LogP contribution >= 0.6 is 0 Å². The van der Waals surface area contributed by atoms with Crippen molar-refractivity contribution in [2.45, 2.75) is 39.2 Å². The van der Waals surface area contributed by atoms with Gasteiger partial charge in [0.15, 0.2) is 11.6 Å². The van der Waals surface area contributed by atoms with E-state index in [0.717, 1.165) is 10.9 Å². The standard InChI is InChI=1S/C20H25NO3/c1-13(2)9-14(19(23)20(3)12-24-20)10-18(22)16-11-21(4)17-8-6-5-7-15(16)17/h5-8,11,13-14H,9-10,12H2,1-4H3/t14-,20-/m1/s1. The first-order valence-corrected chi connectivity index (χ1v) is 8.57. The number of carbonyl (C=O) groups excluding carboxylic acids is 2.